The molecule has 0 bridgehead atoms. The van der Waals surface area contributed by atoms with Gasteiger partial charge in [0.25, 0.3) is 0 Å². The van der Waals surface area contributed by atoms with E-state index in [1.54, 1.807) is 6.92 Å². The van der Waals surface area contributed by atoms with Gasteiger partial charge in [0, 0.05) is 6.61 Å². The summed E-state index contributed by atoms with van der Waals surface area (Å²) in [5.41, 5.74) is 0. The summed E-state index contributed by atoms with van der Waals surface area (Å²) in [7, 11) is 0. The van der Waals surface area contributed by atoms with E-state index in [-0.39, 0.29) is 75.5 Å². The Labute approximate surface area is 106 Å². The van der Waals surface area contributed by atoms with Crippen molar-refractivity contribution < 1.29 is 20.1 Å². The summed E-state index contributed by atoms with van der Waals surface area (Å²) in [6.45, 7) is 1.93. The number of aliphatic hydroxyl groups is 1. The third-order valence-corrected chi connectivity index (χ3v) is 0. The van der Waals surface area contributed by atoms with Gasteiger partial charge in [-0.3, -0.25) is 0 Å². The number of hydrogen-bond acceptors (Lipinski definition) is 2. The molecule has 0 fully saturated rings. The van der Waals surface area contributed by atoms with E-state index in [2.05, 4.69) is 0 Å². The van der Waals surface area contributed by atoms with Crippen molar-refractivity contribution in [2.24, 2.45) is 0 Å². The molecule has 0 unspecified atom stereocenters. The van der Waals surface area contributed by atoms with Crippen LogP contribution in [0.1, 0.15) is 6.92 Å². The molecule has 0 radical (unpaired) electrons. The van der Waals surface area contributed by atoms with Gasteiger partial charge in [0.2, 0.25) is 0 Å². The van der Waals surface area contributed by atoms with Gasteiger partial charge in [-0.1, -0.05) is 0 Å². The minimum absolute atomic E-state index is 0. The minimum atomic E-state index is -1.83. The van der Waals surface area contributed by atoms with E-state index in [1.807, 2.05) is 0 Å². The van der Waals surface area contributed by atoms with Crippen LogP contribution in [0.3, 0.4) is 0 Å². The number of carboxylic acid groups (broad SMARTS) is 2. The molecule has 0 aliphatic carbocycles. The first-order valence-electron chi connectivity index (χ1n) is 1.67. The monoisotopic (exact) mass is 242 g/mol. The van der Waals surface area contributed by atoms with Gasteiger partial charge in [-0.2, -0.15) is 0 Å². The fourth-order valence-electron chi connectivity index (χ4n) is 0. The molecule has 4 nitrogen and oxygen atoms in total. The van der Waals surface area contributed by atoms with Gasteiger partial charge < -0.3 is 15.3 Å². The first-order chi connectivity index (χ1) is 3.15. The molecular formula is C3H9CsO4. The molecule has 46 valence electrons. The van der Waals surface area contributed by atoms with E-state index < -0.39 is 6.16 Å². The predicted molar refractivity (Wildman–Crippen MR) is 30.6 cm³/mol. The first-order valence-corrected chi connectivity index (χ1v) is 1.67. The summed E-state index contributed by atoms with van der Waals surface area (Å²) in [6.07, 6.45) is -1.83. The molecule has 5 heteroatoms. The summed E-state index contributed by atoms with van der Waals surface area (Å²) >= 11 is 0. The third-order valence-electron chi connectivity index (χ3n) is 0. The van der Waals surface area contributed by atoms with Crippen molar-refractivity contribution in [2.75, 3.05) is 6.61 Å². The zero-order chi connectivity index (χ0) is 6.28. The average Bonchev–Trinajstić information content (AvgIpc) is 1.33. The molecule has 0 rings (SSSR count). The molecule has 0 saturated heterocycles. The van der Waals surface area contributed by atoms with Crippen molar-refractivity contribution >= 4 is 75.0 Å². The quantitative estimate of drug-likeness (QED) is 0.538. The molecule has 0 saturated carbocycles. The van der Waals surface area contributed by atoms with E-state index in [9.17, 15) is 0 Å². The van der Waals surface area contributed by atoms with Crippen LogP contribution in [0.25, 0.3) is 0 Å². The number of carbonyl (C=O) groups is 1. The molecule has 0 amide bonds. The van der Waals surface area contributed by atoms with E-state index >= 15 is 0 Å². The van der Waals surface area contributed by atoms with Gasteiger partial charge in [-0.15, -0.1) is 0 Å². The van der Waals surface area contributed by atoms with Gasteiger partial charge in [-0.25, -0.2) is 4.79 Å². The second-order valence-corrected chi connectivity index (χ2v) is 0.599. The summed E-state index contributed by atoms with van der Waals surface area (Å²) in [5, 5.41) is 21.5. The molecule has 0 atom stereocenters. The normalized spacial score (nSPS) is 5.25. The Morgan fingerprint density at radius 3 is 1.50 bits per heavy atom. The zero-order valence-electron chi connectivity index (χ0n) is 3.96. The molecule has 0 aromatic rings. The summed E-state index contributed by atoms with van der Waals surface area (Å²) < 4.78 is 0. The van der Waals surface area contributed by atoms with Crippen LogP contribution in [0, 0.1) is 0 Å². The summed E-state index contributed by atoms with van der Waals surface area (Å²) in [4.78, 5) is 8.56. The zero-order valence-corrected chi connectivity index (χ0v) is 3.96. The molecular weight excluding hydrogens is 233 g/mol. The SMILES string of the molecule is CCO.O=C(O)O.[CsH]. The predicted octanol–water partition coefficient (Wildman–Crippen LogP) is -0.428. The van der Waals surface area contributed by atoms with Crippen LogP contribution in [0.15, 0.2) is 0 Å². The second kappa shape index (κ2) is 15.7. The van der Waals surface area contributed by atoms with Crippen LogP contribution < -0.4 is 0 Å². The van der Waals surface area contributed by atoms with E-state index in [4.69, 9.17) is 20.1 Å². The van der Waals surface area contributed by atoms with Crippen LogP contribution in [0.2, 0.25) is 0 Å². The van der Waals surface area contributed by atoms with Crippen molar-refractivity contribution in [2.45, 2.75) is 6.92 Å². The molecule has 3 N–H and O–H groups in total. The van der Waals surface area contributed by atoms with Crippen LogP contribution in [-0.2, 0) is 0 Å². The molecule has 0 heterocycles. The molecule has 0 aromatic carbocycles. The van der Waals surface area contributed by atoms with E-state index in [1.165, 1.54) is 0 Å². The molecule has 0 aromatic heterocycles. The topological polar surface area (TPSA) is 77.8 Å². The van der Waals surface area contributed by atoms with Crippen LogP contribution >= 0.6 is 0 Å². The van der Waals surface area contributed by atoms with Gasteiger partial charge in [0.05, 0.1) is 0 Å². The van der Waals surface area contributed by atoms with Crippen molar-refractivity contribution in [3.05, 3.63) is 0 Å². The maximum atomic E-state index is 8.56. The number of hydrogen-bond donors (Lipinski definition) is 3. The Bertz CT molecular complexity index is 42.5. The van der Waals surface area contributed by atoms with Gasteiger partial charge in [-0.05, 0) is 6.92 Å². The average molecular weight is 242 g/mol. The van der Waals surface area contributed by atoms with Crippen molar-refractivity contribution in [1.29, 1.82) is 0 Å². The fourth-order valence-corrected chi connectivity index (χ4v) is 0. The van der Waals surface area contributed by atoms with Gasteiger partial charge >= 0.3 is 75.0 Å². The molecule has 8 heavy (non-hydrogen) atoms. The Hall–Kier alpha value is 1.28. The maximum absolute atomic E-state index is 8.56. The van der Waals surface area contributed by atoms with Gasteiger partial charge in [0.1, 0.15) is 0 Å². The van der Waals surface area contributed by atoms with Gasteiger partial charge in [0.15, 0.2) is 0 Å². The molecule has 0 aliphatic heterocycles. The van der Waals surface area contributed by atoms with E-state index in [0.29, 0.717) is 0 Å². The van der Waals surface area contributed by atoms with Crippen molar-refractivity contribution in [3.63, 3.8) is 0 Å². The Kier molecular flexibility index (Phi) is 31.7. The Morgan fingerprint density at radius 2 is 1.50 bits per heavy atom. The van der Waals surface area contributed by atoms with E-state index in [0.717, 1.165) is 0 Å². The van der Waals surface area contributed by atoms with Crippen LogP contribution in [-0.4, -0.2) is 97.0 Å². The third kappa shape index (κ3) is 175. The summed E-state index contributed by atoms with van der Waals surface area (Å²) in [6, 6.07) is 0. The van der Waals surface area contributed by atoms with Crippen LogP contribution in [0.5, 0.6) is 0 Å². The van der Waals surface area contributed by atoms with Crippen LogP contribution in [0.4, 0.5) is 4.79 Å². The second-order valence-electron chi connectivity index (χ2n) is 0.599. The first kappa shape index (κ1) is 16.1. The number of aliphatic hydroxyl groups excluding tert-OH is 1. The Balaban J connectivity index is -0.0000000575. The number of rotatable bonds is 0. The Morgan fingerprint density at radius 1 is 1.50 bits per heavy atom. The summed E-state index contributed by atoms with van der Waals surface area (Å²) in [5.74, 6) is 0. The fraction of sp³-hybridized carbons (Fsp3) is 0.667. The van der Waals surface area contributed by atoms with Crippen molar-refractivity contribution in [3.8, 4) is 0 Å². The standard InChI is InChI=1S/C2H6O.CH2O3.Cs.H/c1-2-3;2-1(3)4;;/h3H,2H2,1H3;(H2,2,3,4);;. The van der Waals surface area contributed by atoms with Crippen molar-refractivity contribution in [1.82, 2.24) is 0 Å². The molecule has 0 spiro atoms. The molecule has 0 aliphatic rings.